The van der Waals surface area contributed by atoms with Crippen LogP contribution in [0.25, 0.3) is 0 Å². The Morgan fingerprint density at radius 2 is 1.89 bits per heavy atom. The molecule has 0 unspecified atom stereocenters. The highest BCUT2D eigenvalue weighted by Gasteiger charge is 2.40. The number of nitrogens with zero attached hydrogens (tertiary/aromatic N) is 1. The van der Waals surface area contributed by atoms with Gasteiger partial charge in [0.2, 0.25) is 0 Å². The fourth-order valence-corrected chi connectivity index (χ4v) is 4.20. The minimum absolute atomic E-state index is 0.172. The summed E-state index contributed by atoms with van der Waals surface area (Å²) >= 11 is 0. The van der Waals surface area contributed by atoms with E-state index < -0.39 is 10.1 Å². The largest absolute Gasteiger partial charge is 0.298 e. The van der Waals surface area contributed by atoms with Crippen molar-refractivity contribution in [3.05, 3.63) is 29.8 Å². The summed E-state index contributed by atoms with van der Waals surface area (Å²) in [6.07, 6.45) is 2.84. The quantitative estimate of drug-likeness (QED) is 0.794. The summed E-state index contributed by atoms with van der Waals surface area (Å²) in [5.41, 5.74) is 1.04. The molecule has 1 aromatic carbocycles. The molecule has 2 aliphatic heterocycles. The van der Waals surface area contributed by atoms with Crippen LogP contribution in [0.5, 0.6) is 0 Å². The maximum absolute atomic E-state index is 12.2. The van der Waals surface area contributed by atoms with Crippen LogP contribution in [0.15, 0.2) is 29.2 Å². The first-order chi connectivity index (χ1) is 9.06. The molecule has 3 rings (SSSR count). The van der Waals surface area contributed by atoms with E-state index in [0.29, 0.717) is 6.04 Å². The predicted octanol–water partition coefficient (Wildman–Crippen LogP) is 1.94. The van der Waals surface area contributed by atoms with Crippen LogP contribution in [-0.2, 0) is 14.3 Å². The molecule has 0 N–H and O–H groups in total. The number of fused-ring (bicyclic) bond motifs is 1. The van der Waals surface area contributed by atoms with E-state index >= 15 is 0 Å². The van der Waals surface area contributed by atoms with E-state index in [0.717, 1.165) is 37.9 Å². The second kappa shape index (κ2) is 4.89. The minimum Gasteiger partial charge on any atom is -0.298 e. The molecule has 0 aliphatic carbocycles. The van der Waals surface area contributed by atoms with Gasteiger partial charge in [0.25, 0.3) is 10.1 Å². The van der Waals surface area contributed by atoms with Crippen molar-refractivity contribution in [2.75, 3.05) is 13.1 Å². The van der Waals surface area contributed by atoms with Crippen LogP contribution in [-0.4, -0.2) is 38.6 Å². The van der Waals surface area contributed by atoms with Crippen molar-refractivity contribution in [3.8, 4) is 0 Å². The molecule has 2 heterocycles. The second-order valence-corrected chi connectivity index (χ2v) is 7.01. The number of rotatable bonds is 3. The van der Waals surface area contributed by atoms with Crippen LogP contribution in [0.2, 0.25) is 0 Å². The molecule has 2 atom stereocenters. The van der Waals surface area contributed by atoms with E-state index in [9.17, 15) is 8.42 Å². The molecule has 0 amide bonds. The van der Waals surface area contributed by atoms with Gasteiger partial charge in [-0.2, -0.15) is 8.42 Å². The van der Waals surface area contributed by atoms with Crippen LogP contribution in [0.3, 0.4) is 0 Å². The van der Waals surface area contributed by atoms with Crippen LogP contribution >= 0.6 is 0 Å². The van der Waals surface area contributed by atoms with Gasteiger partial charge in [0.15, 0.2) is 0 Å². The highest BCUT2D eigenvalue weighted by Crippen LogP contribution is 2.32. The molecule has 0 radical (unpaired) electrons. The van der Waals surface area contributed by atoms with E-state index in [-0.39, 0.29) is 11.0 Å². The molecular weight excluding hydrogens is 262 g/mol. The highest BCUT2D eigenvalue weighted by atomic mass is 32.2. The molecular formula is C14H19NO3S. The molecule has 104 valence electrons. The Hall–Kier alpha value is -0.910. The number of hydrogen-bond donors (Lipinski definition) is 0. The van der Waals surface area contributed by atoms with Gasteiger partial charge < -0.3 is 0 Å². The second-order valence-electron chi connectivity index (χ2n) is 5.44. The summed E-state index contributed by atoms with van der Waals surface area (Å²) in [6, 6.07) is 7.12. The molecule has 19 heavy (non-hydrogen) atoms. The summed E-state index contributed by atoms with van der Waals surface area (Å²) in [5, 5.41) is 0. The molecule has 2 aliphatic rings. The van der Waals surface area contributed by atoms with Crippen molar-refractivity contribution in [1.82, 2.24) is 4.90 Å². The van der Waals surface area contributed by atoms with Gasteiger partial charge in [-0.1, -0.05) is 17.7 Å². The van der Waals surface area contributed by atoms with E-state index in [1.807, 2.05) is 6.92 Å². The van der Waals surface area contributed by atoms with Gasteiger partial charge >= 0.3 is 0 Å². The van der Waals surface area contributed by atoms with Crippen LogP contribution < -0.4 is 0 Å². The third-order valence-corrected chi connectivity index (χ3v) is 5.45. The van der Waals surface area contributed by atoms with E-state index in [2.05, 4.69) is 4.90 Å². The Bertz CT molecular complexity index is 553. The van der Waals surface area contributed by atoms with Crippen molar-refractivity contribution < 1.29 is 12.6 Å². The first-order valence-corrected chi connectivity index (χ1v) is 8.21. The Morgan fingerprint density at radius 3 is 2.63 bits per heavy atom. The number of aryl methyl sites for hydroxylation is 1. The zero-order chi connectivity index (χ0) is 13.5. The molecule has 2 fully saturated rings. The maximum Gasteiger partial charge on any atom is 0.297 e. The van der Waals surface area contributed by atoms with Gasteiger partial charge in [0.1, 0.15) is 0 Å². The average Bonchev–Trinajstić information content (AvgIpc) is 2.95. The summed E-state index contributed by atoms with van der Waals surface area (Å²) in [6.45, 7) is 3.97. The van der Waals surface area contributed by atoms with E-state index in [4.69, 9.17) is 4.18 Å². The third kappa shape index (κ3) is 2.55. The number of hydrogen-bond acceptors (Lipinski definition) is 4. The predicted molar refractivity (Wildman–Crippen MR) is 72.4 cm³/mol. The monoisotopic (exact) mass is 281 g/mol. The van der Waals surface area contributed by atoms with E-state index in [1.54, 1.807) is 24.3 Å². The van der Waals surface area contributed by atoms with Crippen LogP contribution in [0.1, 0.15) is 24.8 Å². The first kappa shape index (κ1) is 13.1. The lowest BCUT2D eigenvalue weighted by Crippen LogP contribution is -2.32. The summed E-state index contributed by atoms with van der Waals surface area (Å²) < 4.78 is 30.0. The smallest absolute Gasteiger partial charge is 0.297 e. The summed E-state index contributed by atoms with van der Waals surface area (Å²) in [7, 11) is -3.63. The fraction of sp³-hybridized carbons (Fsp3) is 0.571. The van der Waals surface area contributed by atoms with Gasteiger partial charge in [-0.15, -0.1) is 0 Å². The van der Waals surface area contributed by atoms with Crippen molar-refractivity contribution in [1.29, 1.82) is 0 Å². The van der Waals surface area contributed by atoms with Gasteiger partial charge in [-0.3, -0.25) is 9.08 Å². The lowest BCUT2D eigenvalue weighted by molar-refractivity contribution is 0.166. The molecule has 1 aromatic rings. The zero-order valence-corrected chi connectivity index (χ0v) is 11.9. The molecule has 0 saturated carbocycles. The van der Waals surface area contributed by atoms with Crippen molar-refractivity contribution in [2.24, 2.45) is 0 Å². The van der Waals surface area contributed by atoms with Crippen LogP contribution in [0.4, 0.5) is 0 Å². The van der Waals surface area contributed by atoms with Crippen molar-refractivity contribution in [2.45, 2.75) is 43.2 Å². The minimum atomic E-state index is -3.63. The summed E-state index contributed by atoms with van der Waals surface area (Å²) in [4.78, 5) is 2.60. The van der Waals surface area contributed by atoms with Gasteiger partial charge in [0.05, 0.1) is 11.0 Å². The third-order valence-electron chi connectivity index (χ3n) is 4.10. The Labute approximate surface area is 114 Å². The SMILES string of the molecule is Cc1ccc(S(=O)(=O)O[C@H]2CCN3CCC[C@@H]23)cc1. The molecule has 5 heteroatoms. The van der Waals surface area contributed by atoms with Crippen LogP contribution in [0, 0.1) is 6.92 Å². The zero-order valence-electron chi connectivity index (χ0n) is 11.1. The van der Waals surface area contributed by atoms with Gasteiger partial charge in [-0.05, 0) is 44.9 Å². The molecule has 0 aromatic heterocycles. The molecule has 0 bridgehead atoms. The number of benzene rings is 1. The standard InChI is InChI=1S/C14H19NO3S/c1-11-4-6-12(7-5-11)19(16,17)18-14-8-10-15-9-2-3-13(14)15/h4-7,13-14H,2-3,8-10H2,1H3/t13-,14-/m0/s1. The Kier molecular flexibility index (Phi) is 3.37. The van der Waals surface area contributed by atoms with Crippen molar-refractivity contribution in [3.63, 3.8) is 0 Å². The lowest BCUT2D eigenvalue weighted by atomic mass is 10.1. The highest BCUT2D eigenvalue weighted by molar-refractivity contribution is 7.86. The topological polar surface area (TPSA) is 46.6 Å². The molecule has 4 nitrogen and oxygen atoms in total. The maximum atomic E-state index is 12.2. The molecule has 2 saturated heterocycles. The van der Waals surface area contributed by atoms with Gasteiger partial charge in [-0.25, -0.2) is 0 Å². The molecule has 0 spiro atoms. The first-order valence-electron chi connectivity index (χ1n) is 6.80. The average molecular weight is 281 g/mol. The summed E-state index contributed by atoms with van der Waals surface area (Å²) in [5.74, 6) is 0. The van der Waals surface area contributed by atoms with Crippen molar-refractivity contribution >= 4 is 10.1 Å². The Morgan fingerprint density at radius 1 is 1.16 bits per heavy atom. The Balaban J connectivity index is 1.76. The fourth-order valence-electron chi connectivity index (χ4n) is 3.07. The van der Waals surface area contributed by atoms with E-state index in [1.165, 1.54) is 0 Å². The normalized spacial score (nSPS) is 27.6. The van der Waals surface area contributed by atoms with Gasteiger partial charge in [0, 0.05) is 12.6 Å². The lowest BCUT2D eigenvalue weighted by Gasteiger charge is -2.20.